The van der Waals surface area contributed by atoms with Gasteiger partial charge in [0.2, 0.25) is 5.91 Å². The van der Waals surface area contributed by atoms with Gasteiger partial charge in [0.25, 0.3) is 5.91 Å². The van der Waals surface area contributed by atoms with Crippen LogP contribution in [0.5, 0.6) is 0 Å². The second kappa shape index (κ2) is 6.35. The van der Waals surface area contributed by atoms with Crippen molar-refractivity contribution < 1.29 is 14.3 Å². The number of ether oxygens (including phenoxy) is 1. The molecule has 2 aliphatic heterocycles. The van der Waals surface area contributed by atoms with E-state index in [4.69, 9.17) is 4.74 Å². The zero-order valence-electron chi connectivity index (χ0n) is 13.8. The van der Waals surface area contributed by atoms with Gasteiger partial charge in [-0.1, -0.05) is 13.8 Å². The molecule has 6 heteroatoms. The Balaban J connectivity index is 1.53. The lowest BCUT2D eigenvalue weighted by Crippen LogP contribution is -2.47. The number of rotatable bonds is 3. The van der Waals surface area contributed by atoms with Crippen LogP contribution in [-0.2, 0) is 9.53 Å². The molecule has 0 saturated carbocycles. The third-order valence-electron chi connectivity index (χ3n) is 4.87. The Hall–Kier alpha value is -1.82. The first-order chi connectivity index (χ1) is 11.0. The van der Waals surface area contributed by atoms with Gasteiger partial charge in [0.15, 0.2) is 0 Å². The van der Waals surface area contributed by atoms with Gasteiger partial charge in [0.1, 0.15) is 5.69 Å². The number of amides is 2. The number of piperidine rings is 1. The average molecular weight is 319 g/mol. The molecule has 0 aliphatic carbocycles. The van der Waals surface area contributed by atoms with E-state index in [1.165, 1.54) is 0 Å². The van der Waals surface area contributed by atoms with Crippen molar-refractivity contribution in [1.29, 1.82) is 0 Å². The summed E-state index contributed by atoms with van der Waals surface area (Å²) >= 11 is 0. The van der Waals surface area contributed by atoms with Crippen LogP contribution in [0.4, 0.5) is 0 Å². The first kappa shape index (κ1) is 16.1. The van der Waals surface area contributed by atoms with Crippen LogP contribution in [-0.4, -0.2) is 53.0 Å². The summed E-state index contributed by atoms with van der Waals surface area (Å²) in [5.74, 6) is 0.120. The topological polar surface area (TPSA) is 74.4 Å². The van der Waals surface area contributed by atoms with Gasteiger partial charge in [-0.3, -0.25) is 9.59 Å². The number of carbonyl (C=O) groups excluding carboxylic acids is 2. The highest BCUT2D eigenvalue weighted by Crippen LogP contribution is 2.36. The van der Waals surface area contributed by atoms with Gasteiger partial charge in [-0.05, 0) is 31.4 Å². The van der Waals surface area contributed by atoms with Crippen molar-refractivity contribution in [1.82, 2.24) is 15.2 Å². The van der Waals surface area contributed by atoms with E-state index in [-0.39, 0.29) is 29.4 Å². The molecule has 0 radical (unpaired) electrons. The number of likely N-dealkylation sites (tertiary alicyclic amines) is 1. The molecule has 0 unspecified atom stereocenters. The number of carbonyl (C=O) groups is 2. The molecule has 23 heavy (non-hydrogen) atoms. The van der Waals surface area contributed by atoms with E-state index >= 15 is 0 Å². The molecule has 0 aromatic carbocycles. The van der Waals surface area contributed by atoms with Crippen molar-refractivity contribution in [3.05, 3.63) is 24.0 Å². The normalized spacial score (nSPS) is 23.4. The minimum absolute atomic E-state index is 0.00758. The van der Waals surface area contributed by atoms with Crippen LogP contribution in [0.15, 0.2) is 18.3 Å². The fourth-order valence-electron chi connectivity index (χ4n) is 3.40. The van der Waals surface area contributed by atoms with Gasteiger partial charge in [0.05, 0.1) is 18.2 Å². The molecular weight excluding hydrogens is 294 g/mol. The number of hydrogen-bond acceptors (Lipinski definition) is 3. The minimum atomic E-state index is -0.179. The Morgan fingerprint density at radius 1 is 1.39 bits per heavy atom. The summed E-state index contributed by atoms with van der Waals surface area (Å²) in [7, 11) is 0. The van der Waals surface area contributed by atoms with Gasteiger partial charge in [-0.25, -0.2) is 0 Å². The van der Waals surface area contributed by atoms with Gasteiger partial charge in [-0.15, -0.1) is 0 Å². The van der Waals surface area contributed by atoms with Crippen LogP contribution in [0.1, 0.15) is 43.6 Å². The van der Waals surface area contributed by atoms with E-state index in [9.17, 15) is 9.59 Å². The van der Waals surface area contributed by atoms with Gasteiger partial charge in [-0.2, -0.15) is 0 Å². The van der Waals surface area contributed by atoms with E-state index in [0.717, 1.165) is 19.3 Å². The molecule has 3 heterocycles. The van der Waals surface area contributed by atoms with E-state index in [2.05, 4.69) is 10.3 Å². The SMILES string of the molecule is CC(C)C(=O)N[C@H]1COC2(CCN(C(=O)c3ccc[nH]3)CC2)C1. The zero-order chi connectivity index (χ0) is 16.4. The molecule has 3 rings (SSSR count). The minimum Gasteiger partial charge on any atom is -0.373 e. The maximum atomic E-state index is 12.3. The monoisotopic (exact) mass is 319 g/mol. The molecule has 6 nitrogen and oxygen atoms in total. The molecule has 2 amide bonds. The number of aromatic amines is 1. The van der Waals surface area contributed by atoms with Crippen LogP contribution >= 0.6 is 0 Å². The third kappa shape index (κ3) is 3.42. The van der Waals surface area contributed by atoms with Crippen molar-refractivity contribution in [3.63, 3.8) is 0 Å². The lowest BCUT2D eigenvalue weighted by Gasteiger charge is -2.38. The highest BCUT2D eigenvalue weighted by Gasteiger charge is 2.44. The Bertz CT molecular complexity index is 560. The number of nitrogens with zero attached hydrogens (tertiary/aromatic N) is 1. The van der Waals surface area contributed by atoms with E-state index < -0.39 is 0 Å². The van der Waals surface area contributed by atoms with E-state index in [1.54, 1.807) is 12.3 Å². The number of H-pyrrole nitrogens is 1. The molecule has 2 fully saturated rings. The van der Waals surface area contributed by atoms with Crippen LogP contribution in [0.3, 0.4) is 0 Å². The smallest absolute Gasteiger partial charge is 0.270 e. The molecule has 2 saturated heterocycles. The number of hydrogen-bond donors (Lipinski definition) is 2. The highest BCUT2D eigenvalue weighted by molar-refractivity contribution is 5.92. The quantitative estimate of drug-likeness (QED) is 0.888. The molecule has 1 atom stereocenters. The summed E-state index contributed by atoms with van der Waals surface area (Å²) in [6, 6.07) is 3.73. The van der Waals surface area contributed by atoms with Crippen molar-refractivity contribution in [2.24, 2.45) is 5.92 Å². The molecule has 1 aromatic rings. The molecule has 0 bridgehead atoms. The lowest BCUT2D eigenvalue weighted by molar-refractivity contribution is -0.124. The highest BCUT2D eigenvalue weighted by atomic mass is 16.5. The number of nitrogens with one attached hydrogen (secondary N) is 2. The summed E-state index contributed by atoms with van der Waals surface area (Å²) in [5.41, 5.74) is 0.455. The largest absolute Gasteiger partial charge is 0.373 e. The average Bonchev–Trinajstić information content (AvgIpc) is 3.18. The maximum Gasteiger partial charge on any atom is 0.270 e. The first-order valence-electron chi connectivity index (χ1n) is 8.36. The number of aromatic nitrogens is 1. The van der Waals surface area contributed by atoms with Gasteiger partial charge in [0, 0.05) is 25.2 Å². The van der Waals surface area contributed by atoms with Crippen molar-refractivity contribution in [2.45, 2.75) is 44.8 Å². The Morgan fingerprint density at radius 2 is 2.13 bits per heavy atom. The fourth-order valence-corrected chi connectivity index (χ4v) is 3.40. The third-order valence-corrected chi connectivity index (χ3v) is 4.87. The first-order valence-corrected chi connectivity index (χ1v) is 8.36. The van der Waals surface area contributed by atoms with Crippen molar-refractivity contribution >= 4 is 11.8 Å². The Kier molecular flexibility index (Phi) is 4.43. The summed E-state index contributed by atoms with van der Waals surface area (Å²) < 4.78 is 6.03. The summed E-state index contributed by atoms with van der Waals surface area (Å²) in [5, 5.41) is 3.06. The van der Waals surface area contributed by atoms with Crippen LogP contribution < -0.4 is 5.32 Å². The Labute approximate surface area is 136 Å². The van der Waals surface area contributed by atoms with Crippen LogP contribution in [0, 0.1) is 5.92 Å². The summed E-state index contributed by atoms with van der Waals surface area (Å²) in [4.78, 5) is 29.0. The molecule has 2 N–H and O–H groups in total. The fraction of sp³-hybridized carbons (Fsp3) is 0.647. The van der Waals surface area contributed by atoms with E-state index in [1.807, 2.05) is 24.8 Å². The van der Waals surface area contributed by atoms with Crippen molar-refractivity contribution in [2.75, 3.05) is 19.7 Å². The Morgan fingerprint density at radius 3 is 2.74 bits per heavy atom. The molecule has 1 aromatic heterocycles. The predicted molar refractivity (Wildman–Crippen MR) is 86.0 cm³/mol. The standard InChI is InChI=1S/C17H25N3O3/c1-12(2)15(21)19-13-10-17(23-11-13)5-8-20(9-6-17)16(22)14-4-3-7-18-14/h3-4,7,12-13,18H,5-6,8-11H2,1-2H3,(H,19,21)/t13-/m1/s1. The second-order valence-electron chi connectivity index (χ2n) is 6.93. The van der Waals surface area contributed by atoms with Crippen molar-refractivity contribution in [3.8, 4) is 0 Å². The van der Waals surface area contributed by atoms with Crippen LogP contribution in [0.2, 0.25) is 0 Å². The summed E-state index contributed by atoms with van der Waals surface area (Å²) in [6.45, 7) is 5.76. The second-order valence-corrected chi connectivity index (χ2v) is 6.93. The maximum absolute atomic E-state index is 12.3. The lowest BCUT2D eigenvalue weighted by atomic mass is 9.87. The molecular formula is C17H25N3O3. The molecule has 126 valence electrons. The van der Waals surface area contributed by atoms with Gasteiger partial charge >= 0.3 is 0 Å². The molecule has 1 spiro atoms. The summed E-state index contributed by atoms with van der Waals surface area (Å²) in [6.07, 6.45) is 4.26. The molecule has 2 aliphatic rings. The van der Waals surface area contributed by atoms with E-state index in [0.29, 0.717) is 25.4 Å². The van der Waals surface area contributed by atoms with Gasteiger partial charge < -0.3 is 19.9 Å². The van der Waals surface area contributed by atoms with Crippen LogP contribution in [0.25, 0.3) is 0 Å². The zero-order valence-corrected chi connectivity index (χ0v) is 13.8. The predicted octanol–water partition coefficient (Wildman–Crippen LogP) is 1.55.